The Bertz CT molecular complexity index is 84.7. The van der Waals surface area contributed by atoms with Crippen LogP contribution in [-0.4, -0.2) is 37.1 Å². The molecule has 0 aromatic heterocycles. The standard InChI is InChI=1S/C6H14O2.C4H10O/c1-6(2,3)8-5-4-7;1-3-5-4-2/h7H,4-5H2,1-3H3;3-4H2,1-2H3. The van der Waals surface area contributed by atoms with Gasteiger partial charge in [0.25, 0.3) is 0 Å². The molecule has 0 aromatic carbocycles. The van der Waals surface area contributed by atoms with Crippen LogP contribution in [-0.2, 0) is 9.47 Å². The molecule has 0 aromatic rings. The molecule has 0 heterocycles. The Morgan fingerprint density at radius 2 is 1.54 bits per heavy atom. The van der Waals surface area contributed by atoms with Crippen LogP contribution in [0.1, 0.15) is 34.6 Å². The van der Waals surface area contributed by atoms with Crippen LogP contribution in [0.4, 0.5) is 0 Å². The van der Waals surface area contributed by atoms with E-state index in [-0.39, 0.29) is 12.2 Å². The lowest BCUT2D eigenvalue weighted by molar-refractivity contribution is -0.0199. The van der Waals surface area contributed by atoms with Crippen molar-refractivity contribution in [2.45, 2.75) is 40.2 Å². The number of ether oxygens (including phenoxy) is 2. The lowest BCUT2D eigenvalue weighted by Gasteiger charge is -2.18. The minimum atomic E-state index is -0.108. The molecule has 0 bridgehead atoms. The summed E-state index contributed by atoms with van der Waals surface area (Å²) in [6, 6.07) is 0. The van der Waals surface area contributed by atoms with E-state index in [1.165, 1.54) is 0 Å². The molecular weight excluding hydrogens is 168 g/mol. The highest BCUT2D eigenvalue weighted by molar-refractivity contribution is 4.57. The Kier molecular flexibility index (Phi) is 11.8. The van der Waals surface area contributed by atoms with Gasteiger partial charge in [-0.1, -0.05) is 0 Å². The summed E-state index contributed by atoms with van der Waals surface area (Å²) in [5.74, 6) is 0. The fraction of sp³-hybridized carbons (Fsp3) is 1.00. The highest BCUT2D eigenvalue weighted by atomic mass is 16.5. The van der Waals surface area contributed by atoms with Crippen LogP contribution in [0.3, 0.4) is 0 Å². The smallest absolute Gasteiger partial charge is 0.0704 e. The third kappa shape index (κ3) is 24.5. The van der Waals surface area contributed by atoms with Crippen molar-refractivity contribution in [2.24, 2.45) is 0 Å². The number of rotatable bonds is 4. The minimum Gasteiger partial charge on any atom is -0.394 e. The minimum absolute atomic E-state index is 0.108. The van der Waals surface area contributed by atoms with Gasteiger partial charge in [-0.15, -0.1) is 0 Å². The monoisotopic (exact) mass is 192 g/mol. The fourth-order valence-electron chi connectivity index (χ4n) is 0.556. The van der Waals surface area contributed by atoms with Crippen molar-refractivity contribution in [3.05, 3.63) is 0 Å². The summed E-state index contributed by atoms with van der Waals surface area (Å²) >= 11 is 0. The molecule has 1 N–H and O–H groups in total. The van der Waals surface area contributed by atoms with E-state index in [4.69, 9.17) is 14.6 Å². The van der Waals surface area contributed by atoms with Gasteiger partial charge >= 0.3 is 0 Å². The van der Waals surface area contributed by atoms with Crippen LogP contribution in [0.25, 0.3) is 0 Å². The Morgan fingerprint density at radius 1 is 1.08 bits per heavy atom. The first-order valence-electron chi connectivity index (χ1n) is 4.80. The largest absolute Gasteiger partial charge is 0.394 e. The van der Waals surface area contributed by atoms with Crippen molar-refractivity contribution >= 4 is 0 Å². The van der Waals surface area contributed by atoms with Crippen LogP contribution in [0, 0.1) is 0 Å². The maximum Gasteiger partial charge on any atom is 0.0704 e. The summed E-state index contributed by atoms with van der Waals surface area (Å²) < 4.78 is 9.96. The third-order valence-corrected chi connectivity index (χ3v) is 1.03. The normalized spacial score (nSPS) is 10.6. The summed E-state index contributed by atoms with van der Waals surface area (Å²) in [4.78, 5) is 0. The van der Waals surface area contributed by atoms with Crippen molar-refractivity contribution in [3.8, 4) is 0 Å². The molecule has 0 rings (SSSR count). The highest BCUT2D eigenvalue weighted by Gasteiger charge is 2.07. The van der Waals surface area contributed by atoms with Gasteiger partial charge in [-0.05, 0) is 34.6 Å². The molecule has 0 spiro atoms. The van der Waals surface area contributed by atoms with Crippen LogP contribution >= 0.6 is 0 Å². The number of hydrogen-bond donors (Lipinski definition) is 1. The molecule has 13 heavy (non-hydrogen) atoms. The van der Waals surface area contributed by atoms with Crippen molar-refractivity contribution < 1.29 is 14.6 Å². The Balaban J connectivity index is 0. The van der Waals surface area contributed by atoms with E-state index in [0.29, 0.717) is 6.61 Å². The van der Waals surface area contributed by atoms with E-state index in [9.17, 15) is 0 Å². The topological polar surface area (TPSA) is 38.7 Å². The number of aliphatic hydroxyl groups is 1. The average Bonchev–Trinajstić information content (AvgIpc) is 2.02. The molecule has 0 saturated carbocycles. The molecule has 0 unspecified atom stereocenters. The molecule has 0 aliphatic rings. The molecule has 0 saturated heterocycles. The van der Waals surface area contributed by atoms with E-state index in [2.05, 4.69) is 0 Å². The maximum absolute atomic E-state index is 8.30. The van der Waals surface area contributed by atoms with Gasteiger partial charge in [0.05, 0.1) is 18.8 Å². The summed E-state index contributed by atoms with van der Waals surface area (Å²) in [7, 11) is 0. The zero-order valence-electron chi connectivity index (χ0n) is 9.59. The van der Waals surface area contributed by atoms with Crippen molar-refractivity contribution in [1.82, 2.24) is 0 Å². The van der Waals surface area contributed by atoms with Gasteiger partial charge in [0.1, 0.15) is 0 Å². The lowest BCUT2D eigenvalue weighted by atomic mass is 10.2. The van der Waals surface area contributed by atoms with Crippen molar-refractivity contribution in [2.75, 3.05) is 26.4 Å². The Morgan fingerprint density at radius 3 is 1.62 bits per heavy atom. The number of hydrogen-bond acceptors (Lipinski definition) is 3. The SMILES string of the molecule is CC(C)(C)OCCO.CCOCC. The average molecular weight is 192 g/mol. The van der Waals surface area contributed by atoms with Crippen LogP contribution in [0.15, 0.2) is 0 Å². The number of aliphatic hydroxyl groups excluding tert-OH is 1. The third-order valence-electron chi connectivity index (χ3n) is 1.03. The van der Waals surface area contributed by atoms with Gasteiger partial charge in [-0.3, -0.25) is 0 Å². The zero-order valence-corrected chi connectivity index (χ0v) is 9.59. The van der Waals surface area contributed by atoms with Crippen LogP contribution in [0.2, 0.25) is 0 Å². The molecule has 0 atom stereocenters. The van der Waals surface area contributed by atoms with Gasteiger partial charge in [-0.2, -0.15) is 0 Å². The van der Waals surface area contributed by atoms with E-state index < -0.39 is 0 Å². The summed E-state index contributed by atoms with van der Waals surface area (Å²) in [5, 5.41) is 8.30. The first kappa shape index (κ1) is 15.4. The molecule has 3 heteroatoms. The van der Waals surface area contributed by atoms with Gasteiger partial charge in [0.2, 0.25) is 0 Å². The van der Waals surface area contributed by atoms with Crippen molar-refractivity contribution in [3.63, 3.8) is 0 Å². The first-order chi connectivity index (χ1) is 5.97. The lowest BCUT2D eigenvalue weighted by Crippen LogP contribution is -2.20. The summed E-state index contributed by atoms with van der Waals surface area (Å²) in [5.41, 5.74) is -0.108. The molecule has 82 valence electrons. The first-order valence-corrected chi connectivity index (χ1v) is 4.80. The van der Waals surface area contributed by atoms with Gasteiger partial charge in [0.15, 0.2) is 0 Å². The maximum atomic E-state index is 8.30. The van der Waals surface area contributed by atoms with Crippen LogP contribution < -0.4 is 0 Å². The van der Waals surface area contributed by atoms with E-state index in [1.807, 2.05) is 34.6 Å². The molecule has 0 aliphatic carbocycles. The Hall–Kier alpha value is -0.120. The van der Waals surface area contributed by atoms with Crippen molar-refractivity contribution in [1.29, 1.82) is 0 Å². The molecule has 0 radical (unpaired) electrons. The van der Waals surface area contributed by atoms with E-state index >= 15 is 0 Å². The summed E-state index contributed by atoms with van der Waals surface area (Å²) in [6.45, 7) is 12.1. The molecular formula is C10H24O3. The zero-order chi connectivity index (χ0) is 10.7. The predicted octanol–water partition coefficient (Wildman–Crippen LogP) is 1.84. The second-order valence-corrected chi connectivity index (χ2v) is 3.47. The van der Waals surface area contributed by atoms with Gasteiger partial charge in [0, 0.05) is 13.2 Å². The predicted molar refractivity (Wildman–Crippen MR) is 55.0 cm³/mol. The Labute approximate surface area is 82.1 Å². The quantitative estimate of drug-likeness (QED) is 0.738. The summed E-state index contributed by atoms with van der Waals surface area (Å²) in [6.07, 6.45) is 0. The van der Waals surface area contributed by atoms with Gasteiger partial charge < -0.3 is 14.6 Å². The van der Waals surface area contributed by atoms with Crippen LogP contribution in [0.5, 0.6) is 0 Å². The van der Waals surface area contributed by atoms with Gasteiger partial charge in [-0.25, -0.2) is 0 Å². The fourth-order valence-corrected chi connectivity index (χ4v) is 0.556. The van der Waals surface area contributed by atoms with E-state index in [0.717, 1.165) is 13.2 Å². The highest BCUT2D eigenvalue weighted by Crippen LogP contribution is 2.04. The molecule has 0 fully saturated rings. The molecule has 0 amide bonds. The second kappa shape index (κ2) is 9.96. The second-order valence-electron chi connectivity index (χ2n) is 3.47. The van der Waals surface area contributed by atoms with E-state index in [1.54, 1.807) is 0 Å². The molecule has 0 aliphatic heterocycles. The molecule has 3 nitrogen and oxygen atoms in total.